The summed E-state index contributed by atoms with van der Waals surface area (Å²) in [4.78, 5) is 0. The van der Waals surface area contributed by atoms with Crippen molar-refractivity contribution in [2.45, 2.75) is 46.8 Å². The van der Waals surface area contributed by atoms with Crippen LogP contribution in [0, 0.1) is 17.3 Å². The minimum Gasteiger partial charge on any atom is -0.229 e. The van der Waals surface area contributed by atoms with E-state index in [1.807, 2.05) is 20.8 Å². The third-order valence-electron chi connectivity index (χ3n) is 3.35. The first-order valence-electron chi connectivity index (χ1n) is 5.80. The Labute approximate surface area is 109 Å². The number of hydrogen-bond donors (Lipinski definition) is 0. The van der Waals surface area contributed by atoms with E-state index in [0.29, 0.717) is 0 Å². The molecule has 0 bridgehead atoms. The predicted octanol–water partition coefficient (Wildman–Crippen LogP) is 3.50. The first kappa shape index (κ1) is 16.4. The molecule has 0 N–H and O–H groups in total. The summed E-state index contributed by atoms with van der Waals surface area (Å²) >= 11 is 3.43. The number of sulfone groups is 1. The second-order valence-electron chi connectivity index (χ2n) is 6.00. The van der Waals surface area contributed by atoms with Crippen LogP contribution in [0.3, 0.4) is 0 Å². The molecule has 2 atom stereocenters. The van der Waals surface area contributed by atoms with Gasteiger partial charge >= 0.3 is 0 Å². The molecule has 0 radical (unpaired) electrons. The molecule has 0 saturated heterocycles. The third kappa shape index (κ3) is 4.74. The van der Waals surface area contributed by atoms with Gasteiger partial charge in [-0.25, -0.2) is 8.42 Å². The van der Waals surface area contributed by atoms with Crippen molar-refractivity contribution in [2.75, 3.05) is 11.1 Å². The fraction of sp³-hybridized carbons (Fsp3) is 1.00. The molecule has 0 aromatic heterocycles. The molecule has 0 aliphatic rings. The maximum absolute atomic E-state index is 12.2. The largest absolute Gasteiger partial charge is 0.229 e. The van der Waals surface area contributed by atoms with Crippen molar-refractivity contribution in [1.82, 2.24) is 0 Å². The van der Waals surface area contributed by atoms with E-state index in [9.17, 15) is 8.42 Å². The third-order valence-corrected chi connectivity index (χ3v) is 6.68. The lowest BCUT2D eigenvalue weighted by atomic mass is 9.83. The highest BCUT2D eigenvalue weighted by molar-refractivity contribution is 9.09. The Morgan fingerprint density at radius 2 is 1.56 bits per heavy atom. The molecule has 98 valence electrons. The molecule has 2 unspecified atom stereocenters. The van der Waals surface area contributed by atoms with E-state index in [-0.39, 0.29) is 28.3 Å². The Morgan fingerprint density at radius 1 is 1.12 bits per heavy atom. The van der Waals surface area contributed by atoms with Crippen LogP contribution < -0.4 is 0 Å². The fourth-order valence-corrected chi connectivity index (χ4v) is 5.19. The van der Waals surface area contributed by atoms with Crippen molar-refractivity contribution in [3.8, 4) is 0 Å². The molecule has 16 heavy (non-hydrogen) atoms. The van der Waals surface area contributed by atoms with Crippen LogP contribution in [-0.4, -0.2) is 24.8 Å². The molecule has 0 fully saturated rings. The molecule has 0 aliphatic heterocycles. The average molecular weight is 313 g/mol. The van der Waals surface area contributed by atoms with Gasteiger partial charge in [-0.2, -0.15) is 0 Å². The first-order chi connectivity index (χ1) is 7.02. The van der Waals surface area contributed by atoms with Gasteiger partial charge in [-0.1, -0.05) is 50.5 Å². The van der Waals surface area contributed by atoms with Gasteiger partial charge in [0.15, 0.2) is 9.84 Å². The second-order valence-corrected chi connectivity index (χ2v) is 9.05. The molecule has 0 rings (SSSR count). The maximum Gasteiger partial charge on any atom is 0.153 e. The Kier molecular flexibility index (Phi) is 6.01. The molecule has 2 nitrogen and oxygen atoms in total. The molecule has 0 spiro atoms. The molecule has 0 aliphatic carbocycles. The Balaban J connectivity index is 4.83. The predicted molar refractivity (Wildman–Crippen MR) is 74.8 cm³/mol. The van der Waals surface area contributed by atoms with Crippen LogP contribution in [0.4, 0.5) is 0 Å². The highest BCUT2D eigenvalue weighted by atomic mass is 79.9. The lowest BCUT2D eigenvalue weighted by Crippen LogP contribution is -2.35. The standard InChI is InChI=1S/C12H25BrO2S/c1-9(2)10(3)16(14,15)8-11(7-13)12(4,5)6/h9-11H,7-8H2,1-6H3. The topological polar surface area (TPSA) is 34.1 Å². The summed E-state index contributed by atoms with van der Waals surface area (Å²) in [5.41, 5.74) is 0.0211. The molecule has 0 aromatic rings. The van der Waals surface area contributed by atoms with Crippen molar-refractivity contribution in [2.24, 2.45) is 17.3 Å². The highest BCUT2D eigenvalue weighted by Gasteiger charge is 2.32. The van der Waals surface area contributed by atoms with Crippen LogP contribution in [0.25, 0.3) is 0 Å². The Morgan fingerprint density at radius 3 is 1.81 bits per heavy atom. The first-order valence-corrected chi connectivity index (χ1v) is 8.63. The van der Waals surface area contributed by atoms with Crippen LogP contribution in [0.1, 0.15) is 41.5 Å². The lowest BCUT2D eigenvalue weighted by molar-refractivity contribution is 0.291. The van der Waals surface area contributed by atoms with E-state index in [1.54, 1.807) is 0 Å². The van der Waals surface area contributed by atoms with E-state index in [4.69, 9.17) is 0 Å². The summed E-state index contributed by atoms with van der Waals surface area (Å²) < 4.78 is 24.3. The van der Waals surface area contributed by atoms with Crippen LogP contribution in [0.5, 0.6) is 0 Å². The number of rotatable bonds is 5. The SMILES string of the molecule is CC(C)C(C)S(=O)(=O)CC(CBr)C(C)(C)C. The van der Waals surface area contributed by atoms with E-state index < -0.39 is 9.84 Å². The van der Waals surface area contributed by atoms with Gasteiger partial charge in [0.25, 0.3) is 0 Å². The minimum absolute atomic E-state index is 0.0211. The monoisotopic (exact) mass is 312 g/mol. The summed E-state index contributed by atoms with van der Waals surface area (Å²) in [7, 11) is -2.98. The van der Waals surface area contributed by atoms with Gasteiger partial charge in [0.1, 0.15) is 0 Å². The van der Waals surface area contributed by atoms with E-state index in [0.717, 1.165) is 5.33 Å². The van der Waals surface area contributed by atoms with Gasteiger partial charge in [0, 0.05) is 5.33 Å². The number of alkyl halides is 1. The normalized spacial score (nSPS) is 17.5. The quantitative estimate of drug-likeness (QED) is 0.728. The molecule has 0 saturated carbocycles. The van der Waals surface area contributed by atoms with E-state index in [1.165, 1.54) is 0 Å². The van der Waals surface area contributed by atoms with Gasteiger partial charge in [0.05, 0.1) is 11.0 Å². The summed E-state index contributed by atoms with van der Waals surface area (Å²) in [6.45, 7) is 12.0. The minimum atomic E-state index is -2.98. The smallest absolute Gasteiger partial charge is 0.153 e. The fourth-order valence-electron chi connectivity index (χ4n) is 1.37. The van der Waals surface area contributed by atoms with E-state index >= 15 is 0 Å². The Bertz CT molecular complexity index is 301. The van der Waals surface area contributed by atoms with Crippen molar-refractivity contribution in [3.63, 3.8) is 0 Å². The molecular weight excluding hydrogens is 288 g/mol. The van der Waals surface area contributed by atoms with Gasteiger partial charge < -0.3 is 0 Å². The maximum atomic E-state index is 12.2. The zero-order chi connectivity index (χ0) is 13.1. The van der Waals surface area contributed by atoms with Gasteiger partial charge in [0.2, 0.25) is 0 Å². The Hall–Kier alpha value is 0.430. The van der Waals surface area contributed by atoms with Crippen LogP contribution in [-0.2, 0) is 9.84 Å². The number of halogens is 1. The van der Waals surface area contributed by atoms with Crippen LogP contribution in [0.2, 0.25) is 0 Å². The van der Waals surface area contributed by atoms with Gasteiger partial charge in [-0.3, -0.25) is 0 Å². The summed E-state index contributed by atoms with van der Waals surface area (Å²) in [5, 5.41) is 0.483. The summed E-state index contributed by atoms with van der Waals surface area (Å²) in [6, 6.07) is 0. The second kappa shape index (κ2) is 5.85. The van der Waals surface area contributed by atoms with Gasteiger partial charge in [-0.15, -0.1) is 0 Å². The summed E-state index contributed by atoms with van der Waals surface area (Å²) in [5.74, 6) is 0.626. The zero-order valence-corrected chi connectivity index (χ0v) is 13.7. The lowest BCUT2D eigenvalue weighted by Gasteiger charge is -2.30. The van der Waals surface area contributed by atoms with Crippen molar-refractivity contribution in [1.29, 1.82) is 0 Å². The molecule has 0 amide bonds. The van der Waals surface area contributed by atoms with E-state index in [2.05, 4.69) is 36.7 Å². The molecule has 4 heteroatoms. The van der Waals surface area contributed by atoms with Crippen molar-refractivity contribution >= 4 is 25.8 Å². The van der Waals surface area contributed by atoms with Gasteiger partial charge in [-0.05, 0) is 24.2 Å². The van der Waals surface area contributed by atoms with Crippen molar-refractivity contribution < 1.29 is 8.42 Å². The zero-order valence-electron chi connectivity index (χ0n) is 11.2. The molecule has 0 aromatic carbocycles. The van der Waals surface area contributed by atoms with Crippen LogP contribution in [0.15, 0.2) is 0 Å². The molecular formula is C12H25BrO2S. The van der Waals surface area contributed by atoms with Crippen molar-refractivity contribution in [3.05, 3.63) is 0 Å². The molecule has 0 heterocycles. The number of hydrogen-bond acceptors (Lipinski definition) is 2. The van der Waals surface area contributed by atoms with Crippen LogP contribution >= 0.6 is 15.9 Å². The average Bonchev–Trinajstić information content (AvgIpc) is 2.10. The summed E-state index contributed by atoms with van der Waals surface area (Å²) in [6.07, 6.45) is 0. The highest BCUT2D eigenvalue weighted by Crippen LogP contribution is 2.30.